The lowest BCUT2D eigenvalue weighted by molar-refractivity contribution is 0.0731. The van der Waals surface area contributed by atoms with Crippen LogP contribution in [-0.4, -0.2) is 60.6 Å². The molecule has 180 valence electrons. The fourth-order valence-corrected chi connectivity index (χ4v) is 4.46. The summed E-state index contributed by atoms with van der Waals surface area (Å²) in [7, 11) is 3.95. The molecule has 0 saturated carbocycles. The number of hydrogen-bond acceptors (Lipinski definition) is 5. The van der Waals surface area contributed by atoms with Crippen LogP contribution in [0.15, 0.2) is 59.1 Å². The van der Waals surface area contributed by atoms with E-state index in [0.29, 0.717) is 31.2 Å². The maximum absolute atomic E-state index is 13.9. The lowest BCUT2D eigenvalue weighted by Gasteiger charge is -2.34. The van der Waals surface area contributed by atoms with Crippen molar-refractivity contribution >= 4 is 11.8 Å². The predicted molar refractivity (Wildman–Crippen MR) is 132 cm³/mol. The molecule has 6 nitrogen and oxygen atoms in total. The van der Waals surface area contributed by atoms with Crippen LogP contribution in [0.2, 0.25) is 0 Å². The zero-order valence-corrected chi connectivity index (χ0v) is 20.2. The second kappa shape index (κ2) is 10.8. The number of piperidine rings is 1. The van der Waals surface area contributed by atoms with Gasteiger partial charge in [0.2, 0.25) is 5.88 Å². The van der Waals surface area contributed by atoms with Gasteiger partial charge in [-0.3, -0.25) is 4.79 Å². The highest BCUT2D eigenvalue weighted by Crippen LogP contribution is 2.35. The second-order valence-electron chi connectivity index (χ2n) is 9.26. The molecular weight excluding hydrogens is 431 g/mol. The first kappa shape index (κ1) is 24.0. The topological polar surface area (TPSA) is 52.8 Å². The molecule has 0 bridgehead atoms. The number of likely N-dealkylation sites (N-methyl/N-ethyl adjacent to an activating group) is 1. The van der Waals surface area contributed by atoms with Crippen LogP contribution in [0, 0.1) is 5.82 Å². The summed E-state index contributed by atoms with van der Waals surface area (Å²) in [5.41, 5.74) is 2.92. The molecule has 2 heterocycles. The van der Waals surface area contributed by atoms with Gasteiger partial charge in [0.1, 0.15) is 11.5 Å². The lowest BCUT2D eigenvalue weighted by atomic mass is 10.0. The van der Waals surface area contributed by atoms with Crippen LogP contribution in [0.1, 0.15) is 42.1 Å². The van der Waals surface area contributed by atoms with Crippen LogP contribution >= 0.6 is 0 Å². The molecule has 1 aliphatic rings. The van der Waals surface area contributed by atoms with E-state index in [0.717, 1.165) is 42.1 Å². The summed E-state index contributed by atoms with van der Waals surface area (Å²) in [4.78, 5) is 19.6. The Morgan fingerprint density at radius 3 is 2.62 bits per heavy atom. The van der Waals surface area contributed by atoms with Gasteiger partial charge in [0, 0.05) is 36.8 Å². The molecule has 1 aromatic heterocycles. The highest BCUT2D eigenvalue weighted by atomic mass is 19.1. The number of aromatic nitrogens is 1. The first-order chi connectivity index (χ1) is 16.4. The molecule has 1 saturated heterocycles. The number of amides is 1. The third-order valence-corrected chi connectivity index (χ3v) is 6.40. The largest absolute Gasteiger partial charge is 0.338 e. The number of rotatable bonds is 8. The Kier molecular flexibility index (Phi) is 7.63. The van der Waals surface area contributed by atoms with Gasteiger partial charge in [-0.2, -0.15) is 0 Å². The Morgan fingerprint density at radius 2 is 1.91 bits per heavy atom. The van der Waals surface area contributed by atoms with E-state index in [1.54, 1.807) is 17.0 Å². The third kappa shape index (κ3) is 5.47. The molecule has 1 fully saturated rings. The van der Waals surface area contributed by atoms with Gasteiger partial charge >= 0.3 is 0 Å². The molecule has 34 heavy (non-hydrogen) atoms. The van der Waals surface area contributed by atoms with Gasteiger partial charge in [0.25, 0.3) is 5.91 Å². The molecule has 2 aromatic carbocycles. The Labute approximate surface area is 200 Å². The van der Waals surface area contributed by atoms with Crippen LogP contribution in [0.4, 0.5) is 10.3 Å². The number of carbonyl (C=O) groups excluding carboxylic acids is 1. The molecule has 3 aromatic rings. The van der Waals surface area contributed by atoms with Gasteiger partial charge < -0.3 is 19.2 Å². The molecule has 0 spiro atoms. The van der Waals surface area contributed by atoms with Crippen molar-refractivity contribution in [1.29, 1.82) is 0 Å². The third-order valence-electron chi connectivity index (χ3n) is 6.40. The summed E-state index contributed by atoms with van der Waals surface area (Å²) in [5.74, 6) is 0.100. The highest BCUT2D eigenvalue weighted by Gasteiger charge is 2.30. The Balaban J connectivity index is 1.74. The number of nitrogens with zero attached hydrogens (tertiary/aromatic N) is 4. The first-order valence-electron chi connectivity index (χ1n) is 11.9. The van der Waals surface area contributed by atoms with Gasteiger partial charge in [-0.25, -0.2) is 4.39 Å². The number of carbonyl (C=O) groups is 1. The monoisotopic (exact) mass is 464 g/mol. The fraction of sp³-hybridized carbons (Fsp3) is 0.407. The van der Waals surface area contributed by atoms with Gasteiger partial charge in [-0.15, -0.1) is 0 Å². The summed E-state index contributed by atoms with van der Waals surface area (Å²) in [5, 5.41) is 4.47. The summed E-state index contributed by atoms with van der Waals surface area (Å²) in [6, 6.07) is 16.1. The van der Waals surface area contributed by atoms with Crippen LogP contribution in [0.3, 0.4) is 0 Å². The van der Waals surface area contributed by atoms with Crippen molar-refractivity contribution in [2.75, 3.05) is 38.6 Å². The van der Waals surface area contributed by atoms with Crippen molar-refractivity contribution in [1.82, 2.24) is 15.0 Å². The number of hydrogen-bond donors (Lipinski definition) is 0. The molecule has 0 N–H and O–H groups in total. The zero-order chi connectivity index (χ0) is 24.1. The first-order valence-corrected chi connectivity index (χ1v) is 11.9. The van der Waals surface area contributed by atoms with E-state index in [9.17, 15) is 9.18 Å². The van der Waals surface area contributed by atoms with Crippen molar-refractivity contribution in [2.45, 2.75) is 38.8 Å². The Bertz CT molecular complexity index is 1100. The van der Waals surface area contributed by atoms with E-state index in [1.807, 2.05) is 49.3 Å². The molecule has 1 atom stereocenters. The number of halogens is 1. The molecule has 7 heteroatoms. The van der Waals surface area contributed by atoms with Crippen molar-refractivity contribution in [3.8, 4) is 11.3 Å². The maximum atomic E-state index is 13.9. The van der Waals surface area contributed by atoms with Crippen molar-refractivity contribution < 1.29 is 13.7 Å². The van der Waals surface area contributed by atoms with Gasteiger partial charge in [-0.1, -0.05) is 41.6 Å². The Hall–Kier alpha value is -3.19. The quantitative estimate of drug-likeness (QED) is 0.466. The zero-order valence-electron chi connectivity index (χ0n) is 20.2. The lowest BCUT2D eigenvalue weighted by Crippen LogP contribution is -2.39. The second-order valence-corrected chi connectivity index (χ2v) is 9.26. The minimum atomic E-state index is -0.420. The molecule has 4 rings (SSSR count). The van der Waals surface area contributed by atoms with E-state index in [2.05, 4.69) is 17.0 Å². The van der Waals surface area contributed by atoms with Crippen molar-refractivity contribution in [2.24, 2.45) is 0 Å². The molecule has 0 radical (unpaired) electrons. The summed E-state index contributed by atoms with van der Waals surface area (Å²) >= 11 is 0. The standard InChI is InChI=1S/C27H33FN4O2/c1-20-10-7-8-15-32(20)27-24(25(29-34-27)21-11-5-4-6-12-21)19-31(17-16-30(2)3)26(33)22-13-9-14-23(28)18-22/h4-6,9,11-14,18,20H,7-8,10,15-17,19H2,1-3H3/t20-/m1/s1. The average Bonchev–Trinajstić information content (AvgIpc) is 3.25. The van der Waals surface area contributed by atoms with Crippen LogP contribution in [0.5, 0.6) is 0 Å². The average molecular weight is 465 g/mol. The SMILES string of the molecule is C[C@@H]1CCCCN1c1onc(-c2ccccc2)c1CN(CCN(C)C)C(=O)c1cccc(F)c1. The number of benzene rings is 2. The highest BCUT2D eigenvalue weighted by molar-refractivity contribution is 5.94. The van der Waals surface area contributed by atoms with Crippen LogP contribution < -0.4 is 4.90 Å². The molecule has 0 aliphatic carbocycles. The smallest absolute Gasteiger partial charge is 0.254 e. The molecule has 0 unspecified atom stereocenters. The summed E-state index contributed by atoms with van der Waals surface area (Å²) in [6.45, 7) is 4.61. The minimum absolute atomic E-state index is 0.209. The molecule has 1 aliphatic heterocycles. The van der Waals surface area contributed by atoms with E-state index in [4.69, 9.17) is 4.52 Å². The van der Waals surface area contributed by atoms with Crippen molar-refractivity contribution in [3.05, 3.63) is 71.5 Å². The Morgan fingerprint density at radius 1 is 1.12 bits per heavy atom. The van der Waals surface area contributed by atoms with E-state index < -0.39 is 5.82 Å². The summed E-state index contributed by atoms with van der Waals surface area (Å²) in [6.07, 6.45) is 3.38. The van der Waals surface area contributed by atoms with Crippen LogP contribution in [0.25, 0.3) is 11.3 Å². The van der Waals surface area contributed by atoms with E-state index >= 15 is 0 Å². The fourth-order valence-electron chi connectivity index (χ4n) is 4.46. The van der Waals surface area contributed by atoms with Crippen molar-refractivity contribution in [3.63, 3.8) is 0 Å². The van der Waals surface area contributed by atoms with Gasteiger partial charge in [0.15, 0.2) is 0 Å². The van der Waals surface area contributed by atoms with Gasteiger partial charge in [0.05, 0.1) is 12.1 Å². The molecule has 1 amide bonds. The normalized spacial score (nSPS) is 16.1. The predicted octanol–water partition coefficient (Wildman–Crippen LogP) is 5.06. The molecular formula is C27H33FN4O2. The van der Waals surface area contributed by atoms with Gasteiger partial charge in [-0.05, 0) is 58.5 Å². The van der Waals surface area contributed by atoms with E-state index in [1.165, 1.54) is 18.6 Å². The summed E-state index contributed by atoms with van der Waals surface area (Å²) < 4.78 is 19.9. The minimum Gasteiger partial charge on any atom is -0.338 e. The maximum Gasteiger partial charge on any atom is 0.254 e. The van der Waals surface area contributed by atoms with Crippen LogP contribution in [-0.2, 0) is 6.54 Å². The number of anilines is 1. The van der Waals surface area contributed by atoms with E-state index in [-0.39, 0.29) is 5.91 Å².